The third-order valence-corrected chi connectivity index (χ3v) is 4.67. The Balaban J connectivity index is 2.36. The second-order valence-electron chi connectivity index (χ2n) is 5.59. The second kappa shape index (κ2) is 6.99. The standard InChI is InChI=1S/C16H18N4O4S/c1-10-4-5-13(8-11(10)2)12(3)18-19-15-7-6-14(25(17,23)24)9-16(15)20(21)22/h4-9,19H,1-3H3,(H2,17,23,24)/b18-12-. The Morgan fingerprint density at radius 1 is 1.16 bits per heavy atom. The lowest BCUT2D eigenvalue weighted by molar-refractivity contribution is -0.384. The van der Waals surface area contributed by atoms with Gasteiger partial charge in [0.1, 0.15) is 5.69 Å². The Hall–Kier alpha value is -2.78. The maximum Gasteiger partial charge on any atom is 0.295 e. The summed E-state index contributed by atoms with van der Waals surface area (Å²) in [4.78, 5) is 10.1. The van der Waals surface area contributed by atoms with Gasteiger partial charge in [-0.25, -0.2) is 13.6 Å². The molecule has 0 aliphatic carbocycles. The highest BCUT2D eigenvalue weighted by atomic mass is 32.2. The van der Waals surface area contributed by atoms with Gasteiger partial charge in [-0.2, -0.15) is 5.10 Å². The van der Waals surface area contributed by atoms with Crippen molar-refractivity contribution in [1.82, 2.24) is 0 Å². The molecule has 0 fully saturated rings. The highest BCUT2D eigenvalue weighted by Gasteiger charge is 2.19. The highest BCUT2D eigenvalue weighted by molar-refractivity contribution is 7.89. The lowest BCUT2D eigenvalue weighted by Crippen LogP contribution is -2.12. The van der Waals surface area contributed by atoms with Crippen LogP contribution in [0.2, 0.25) is 0 Å². The fourth-order valence-corrected chi connectivity index (χ4v) is 2.64. The van der Waals surface area contributed by atoms with E-state index in [0.29, 0.717) is 5.71 Å². The van der Waals surface area contributed by atoms with Crippen LogP contribution in [0, 0.1) is 24.0 Å². The summed E-state index contributed by atoms with van der Waals surface area (Å²) in [7, 11) is -4.03. The van der Waals surface area contributed by atoms with E-state index in [2.05, 4.69) is 10.5 Å². The van der Waals surface area contributed by atoms with E-state index >= 15 is 0 Å². The SMILES string of the molecule is C/C(=N/Nc1ccc(S(N)(=O)=O)cc1[N+](=O)[O-])c1ccc(C)c(C)c1. The van der Waals surface area contributed by atoms with E-state index in [1.54, 1.807) is 6.92 Å². The van der Waals surface area contributed by atoms with Crippen molar-refractivity contribution in [3.8, 4) is 0 Å². The topological polar surface area (TPSA) is 128 Å². The summed E-state index contributed by atoms with van der Waals surface area (Å²) in [6.07, 6.45) is 0. The van der Waals surface area contributed by atoms with E-state index in [0.717, 1.165) is 22.8 Å². The summed E-state index contributed by atoms with van der Waals surface area (Å²) in [5.74, 6) is 0. The molecule has 0 aromatic heterocycles. The average molecular weight is 362 g/mol. The van der Waals surface area contributed by atoms with Crippen LogP contribution < -0.4 is 10.6 Å². The summed E-state index contributed by atoms with van der Waals surface area (Å²) in [6, 6.07) is 9.18. The van der Waals surface area contributed by atoms with Crippen LogP contribution in [0.3, 0.4) is 0 Å². The Morgan fingerprint density at radius 3 is 2.40 bits per heavy atom. The zero-order valence-corrected chi connectivity index (χ0v) is 14.8. The van der Waals surface area contributed by atoms with Gasteiger partial charge in [-0.05, 0) is 55.7 Å². The second-order valence-corrected chi connectivity index (χ2v) is 7.15. The zero-order chi connectivity index (χ0) is 18.8. The number of hydrazone groups is 1. The first-order chi connectivity index (χ1) is 11.6. The minimum Gasteiger partial charge on any atom is -0.271 e. The molecular weight excluding hydrogens is 344 g/mol. The first-order valence-electron chi connectivity index (χ1n) is 7.29. The van der Waals surface area contributed by atoms with Crippen molar-refractivity contribution in [1.29, 1.82) is 0 Å². The van der Waals surface area contributed by atoms with Gasteiger partial charge in [0.2, 0.25) is 10.0 Å². The summed E-state index contributed by atoms with van der Waals surface area (Å²) >= 11 is 0. The van der Waals surface area contributed by atoms with Crippen LogP contribution in [-0.4, -0.2) is 19.1 Å². The molecule has 2 aromatic rings. The van der Waals surface area contributed by atoms with Crippen LogP contribution in [0.4, 0.5) is 11.4 Å². The largest absolute Gasteiger partial charge is 0.295 e. The molecule has 3 N–H and O–H groups in total. The van der Waals surface area contributed by atoms with Gasteiger partial charge in [-0.15, -0.1) is 0 Å². The van der Waals surface area contributed by atoms with Crippen molar-refractivity contribution in [3.05, 3.63) is 63.2 Å². The summed E-state index contributed by atoms with van der Waals surface area (Å²) < 4.78 is 22.7. The molecule has 0 unspecified atom stereocenters. The summed E-state index contributed by atoms with van der Waals surface area (Å²) in [6.45, 7) is 5.75. The number of sulfonamides is 1. The molecule has 2 aromatic carbocycles. The maximum absolute atomic E-state index is 11.3. The number of nitrogens with one attached hydrogen (secondary N) is 1. The summed E-state index contributed by atoms with van der Waals surface area (Å²) in [5, 5.41) is 20.3. The number of nitrogens with zero attached hydrogens (tertiary/aromatic N) is 2. The van der Waals surface area contributed by atoms with Crippen LogP contribution in [-0.2, 0) is 10.0 Å². The van der Waals surface area contributed by atoms with Gasteiger partial charge in [0.05, 0.1) is 15.5 Å². The minimum atomic E-state index is -4.03. The Kier molecular flexibility index (Phi) is 5.19. The Morgan fingerprint density at radius 2 is 1.84 bits per heavy atom. The van der Waals surface area contributed by atoms with Crippen molar-refractivity contribution in [2.45, 2.75) is 25.7 Å². The summed E-state index contributed by atoms with van der Waals surface area (Å²) in [5.41, 5.74) is 6.02. The molecule has 0 radical (unpaired) electrons. The lowest BCUT2D eigenvalue weighted by Gasteiger charge is -2.07. The number of primary sulfonamides is 1. The van der Waals surface area contributed by atoms with Gasteiger partial charge in [0.25, 0.3) is 5.69 Å². The van der Waals surface area contributed by atoms with Crippen molar-refractivity contribution in [2.24, 2.45) is 10.2 Å². The molecule has 8 nitrogen and oxygen atoms in total. The molecular formula is C16H18N4O4S. The van der Waals surface area contributed by atoms with Gasteiger partial charge >= 0.3 is 0 Å². The van der Waals surface area contributed by atoms with Crippen LogP contribution in [0.5, 0.6) is 0 Å². The number of nitrogens with two attached hydrogens (primary N) is 1. The zero-order valence-electron chi connectivity index (χ0n) is 14.0. The maximum atomic E-state index is 11.3. The van der Waals surface area contributed by atoms with E-state index in [1.165, 1.54) is 12.1 Å². The molecule has 0 amide bonds. The molecule has 0 heterocycles. The number of benzene rings is 2. The van der Waals surface area contributed by atoms with E-state index in [4.69, 9.17) is 5.14 Å². The molecule has 0 aliphatic rings. The van der Waals surface area contributed by atoms with Gasteiger partial charge in [0, 0.05) is 6.07 Å². The van der Waals surface area contributed by atoms with Crippen molar-refractivity contribution < 1.29 is 13.3 Å². The third kappa shape index (κ3) is 4.40. The normalized spacial score (nSPS) is 12.1. The average Bonchev–Trinajstić information content (AvgIpc) is 2.54. The molecule has 25 heavy (non-hydrogen) atoms. The van der Waals surface area contributed by atoms with E-state index in [1.807, 2.05) is 32.0 Å². The van der Waals surface area contributed by atoms with Gasteiger partial charge in [-0.1, -0.05) is 12.1 Å². The number of hydrogen-bond acceptors (Lipinski definition) is 6. The molecule has 2 rings (SSSR count). The fraction of sp³-hybridized carbons (Fsp3) is 0.188. The van der Waals surface area contributed by atoms with Crippen LogP contribution in [0.15, 0.2) is 46.4 Å². The predicted octanol–water partition coefficient (Wildman–Crippen LogP) is 2.70. The molecule has 0 saturated heterocycles. The molecule has 0 bridgehead atoms. The number of aryl methyl sites for hydroxylation is 2. The van der Waals surface area contributed by atoms with Gasteiger partial charge in [0.15, 0.2) is 0 Å². The van der Waals surface area contributed by atoms with Crippen LogP contribution >= 0.6 is 0 Å². The van der Waals surface area contributed by atoms with E-state index in [9.17, 15) is 18.5 Å². The number of nitro groups is 1. The molecule has 0 atom stereocenters. The minimum absolute atomic E-state index is 0.0700. The molecule has 132 valence electrons. The third-order valence-electron chi connectivity index (χ3n) is 3.76. The van der Waals surface area contributed by atoms with Crippen molar-refractivity contribution in [2.75, 3.05) is 5.43 Å². The monoisotopic (exact) mass is 362 g/mol. The Bertz CT molecular complexity index is 968. The highest BCUT2D eigenvalue weighted by Crippen LogP contribution is 2.27. The number of hydrogen-bond donors (Lipinski definition) is 2. The van der Waals surface area contributed by atoms with Gasteiger partial charge in [-0.3, -0.25) is 15.5 Å². The number of rotatable bonds is 5. The Labute approximate surface area is 145 Å². The number of nitro benzene ring substituents is 1. The van der Waals surface area contributed by atoms with E-state index < -0.39 is 20.6 Å². The van der Waals surface area contributed by atoms with Crippen molar-refractivity contribution >= 4 is 27.1 Å². The molecule has 0 spiro atoms. The smallest absolute Gasteiger partial charge is 0.271 e. The van der Waals surface area contributed by atoms with Crippen LogP contribution in [0.1, 0.15) is 23.6 Å². The first kappa shape index (κ1) is 18.6. The first-order valence-corrected chi connectivity index (χ1v) is 8.83. The molecule has 0 saturated carbocycles. The van der Waals surface area contributed by atoms with E-state index in [-0.39, 0.29) is 10.6 Å². The lowest BCUT2D eigenvalue weighted by atomic mass is 10.0. The molecule has 9 heteroatoms. The number of anilines is 1. The molecule has 0 aliphatic heterocycles. The quantitative estimate of drug-likeness (QED) is 0.480. The fourth-order valence-electron chi connectivity index (χ4n) is 2.11. The van der Waals surface area contributed by atoms with Gasteiger partial charge < -0.3 is 0 Å². The predicted molar refractivity (Wildman–Crippen MR) is 96.2 cm³/mol. The van der Waals surface area contributed by atoms with Crippen LogP contribution in [0.25, 0.3) is 0 Å². The van der Waals surface area contributed by atoms with Crippen molar-refractivity contribution in [3.63, 3.8) is 0 Å².